The average Bonchev–Trinajstić information content (AvgIpc) is 2.71. The molecular formula is C22H16F2N2O3S. The lowest BCUT2D eigenvalue weighted by molar-refractivity contribution is 0.100. The van der Waals surface area contributed by atoms with Crippen molar-refractivity contribution in [1.29, 1.82) is 0 Å². The maximum Gasteiger partial charge on any atom is 0.286 e. The molecule has 0 aliphatic rings. The maximum absolute atomic E-state index is 13.3. The third-order valence-corrected chi connectivity index (χ3v) is 5.61. The Kier molecular flexibility index (Phi) is 6.23. The second-order valence-corrected chi connectivity index (χ2v) is 8.50. The van der Waals surface area contributed by atoms with Crippen molar-refractivity contribution in [3.05, 3.63) is 89.2 Å². The van der Waals surface area contributed by atoms with E-state index in [9.17, 15) is 17.8 Å². The highest BCUT2D eigenvalue weighted by atomic mass is 32.2. The van der Waals surface area contributed by atoms with E-state index >= 15 is 0 Å². The van der Waals surface area contributed by atoms with Gasteiger partial charge in [0.2, 0.25) is 0 Å². The standard InChI is InChI=1S/C22H16F2N2O3S/c1-29-20-5-7-21(8-6-20)30(2,28)26-22(27)17-9-16(13-25-14-17)4-3-15-10-18(23)12-19(24)11-15/h5-14H,1-2H3. The molecule has 152 valence electrons. The number of hydrogen-bond acceptors (Lipinski definition) is 4. The minimum atomic E-state index is -2.99. The number of aromatic nitrogens is 1. The van der Waals surface area contributed by atoms with Crippen LogP contribution in [-0.4, -0.2) is 28.5 Å². The number of carbonyl (C=O) groups excluding carboxylic acids is 1. The number of amides is 1. The summed E-state index contributed by atoms with van der Waals surface area (Å²) in [6.07, 6.45) is 4.04. The van der Waals surface area contributed by atoms with Crippen LogP contribution in [0.25, 0.3) is 0 Å². The predicted molar refractivity (Wildman–Crippen MR) is 109 cm³/mol. The predicted octanol–water partition coefficient (Wildman–Crippen LogP) is 4.07. The van der Waals surface area contributed by atoms with E-state index in [4.69, 9.17) is 4.74 Å². The van der Waals surface area contributed by atoms with Crippen LogP contribution in [0.5, 0.6) is 5.75 Å². The lowest BCUT2D eigenvalue weighted by Gasteiger charge is -2.05. The highest BCUT2D eigenvalue weighted by Crippen LogP contribution is 2.18. The molecule has 0 saturated heterocycles. The summed E-state index contributed by atoms with van der Waals surface area (Å²) in [5.74, 6) is 3.70. The summed E-state index contributed by atoms with van der Waals surface area (Å²) in [5.41, 5.74) is 0.577. The number of methoxy groups -OCH3 is 1. The molecule has 0 N–H and O–H groups in total. The number of hydrogen-bond donors (Lipinski definition) is 0. The summed E-state index contributed by atoms with van der Waals surface area (Å²) in [6, 6.07) is 10.8. The highest BCUT2D eigenvalue weighted by molar-refractivity contribution is 7.93. The van der Waals surface area contributed by atoms with E-state index < -0.39 is 27.3 Å². The fraction of sp³-hybridized carbons (Fsp3) is 0.0909. The number of ether oxygens (including phenoxy) is 1. The number of carbonyl (C=O) groups is 1. The number of nitrogens with zero attached hydrogens (tertiary/aromatic N) is 2. The van der Waals surface area contributed by atoms with E-state index in [0.717, 1.165) is 18.2 Å². The van der Waals surface area contributed by atoms with Crippen LogP contribution in [0, 0.1) is 23.5 Å². The Morgan fingerprint density at radius 3 is 2.27 bits per heavy atom. The summed E-state index contributed by atoms with van der Waals surface area (Å²) in [4.78, 5) is 16.8. The first-order valence-electron chi connectivity index (χ1n) is 8.60. The fourth-order valence-electron chi connectivity index (χ4n) is 2.49. The Bertz CT molecular complexity index is 1270. The molecule has 5 nitrogen and oxygen atoms in total. The van der Waals surface area contributed by atoms with Crippen molar-refractivity contribution < 1.29 is 22.5 Å². The van der Waals surface area contributed by atoms with E-state index in [-0.39, 0.29) is 11.1 Å². The van der Waals surface area contributed by atoms with Crippen LogP contribution in [0.2, 0.25) is 0 Å². The van der Waals surface area contributed by atoms with E-state index in [1.165, 1.54) is 31.8 Å². The summed E-state index contributed by atoms with van der Waals surface area (Å²) < 4.78 is 48.3. The van der Waals surface area contributed by atoms with E-state index in [2.05, 4.69) is 21.2 Å². The number of benzene rings is 2. The molecule has 30 heavy (non-hydrogen) atoms. The van der Waals surface area contributed by atoms with Crippen molar-refractivity contribution >= 4 is 15.6 Å². The van der Waals surface area contributed by atoms with Gasteiger partial charge in [-0.05, 0) is 42.5 Å². The summed E-state index contributed by atoms with van der Waals surface area (Å²) in [7, 11) is -1.47. The number of pyridine rings is 1. The Balaban J connectivity index is 1.88. The van der Waals surface area contributed by atoms with Gasteiger partial charge in [0, 0.05) is 40.7 Å². The van der Waals surface area contributed by atoms with E-state index in [0.29, 0.717) is 16.2 Å². The molecule has 8 heteroatoms. The Labute approximate surface area is 172 Å². The minimum absolute atomic E-state index is 0.0929. The molecule has 0 fully saturated rings. The molecule has 1 unspecified atom stereocenters. The van der Waals surface area contributed by atoms with Crippen LogP contribution >= 0.6 is 0 Å². The van der Waals surface area contributed by atoms with Crippen LogP contribution in [0.1, 0.15) is 21.5 Å². The zero-order valence-electron chi connectivity index (χ0n) is 16.1. The van der Waals surface area contributed by atoms with Crippen LogP contribution in [0.15, 0.2) is 70.2 Å². The molecule has 1 aromatic heterocycles. The van der Waals surface area contributed by atoms with E-state index in [1.807, 2.05) is 0 Å². The smallest absolute Gasteiger partial charge is 0.286 e. The largest absolute Gasteiger partial charge is 0.497 e. The molecule has 1 heterocycles. The molecule has 0 saturated carbocycles. The molecule has 3 rings (SSSR count). The van der Waals surface area contributed by atoms with Crippen molar-refractivity contribution in [2.24, 2.45) is 4.36 Å². The molecule has 0 aliphatic carbocycles. The quantitative estimate of drug-likeness (QED) is 0.592. The van der Waals surface area contributed by atoms with Crippen LogP contribution < -0.4 is 4.74 Å². The van der Waals surface area contributed by atoms with Crippen molar-refractivity contribution in [3.63, 3.8) is 0 Å². The van der Waals surface area contributed by atoms with Gasteiger partial charge in [-0.1, -0.05) is 11.8 Å². The van der Waals surface area contributed by atoms with Gasteiger partial charge >= 0.3 is 0 Å². The van der Waals surface area contributed by atoms with Crippen molar-refractivity contribution in [3.8, 4) is 17.6 Å². The first-order chi connectivity index (χ1) is 14.3. The topological polar surface area (TPSA) is 68.6 Å². The van der Waals surface area contributed by atoms with Crippen molar-refractivity contribution in [1.82, 2.24) is 4.98 Å². The number of halogens is 2. The zero-order chi connectivity index (χ0) is 21.7. The third kappa shape index (κ3) is 5.27. The second-order valence-electron chi connectivity index (χ2n) is 6.24. The van der Waals surface area contributed by atoms with Gasteiger partial charge in [0.25, 0.3) is 5.91 Å². The number of rotatable bonds is 3. The third-order valence-electron chi connectivity index (χ3n) is 3.95. The molecule has 3 aromatic rings. The normalized spacial score (nSPS) is 12.3. The Morgan fingerprint density at radius 1 is 1.00 bits per heavy atom. The average molecular weight is 426 g/mol. The van der Waals surface area contributed by atoms with Gasteiger partial charge in [-0.25, -0.2) is 13.0 Å². The van der Waals surface area contributed by atoms with Gasteiger partial charge in [0.05, 0.1) is 22.4 Å². The van der Waals surface area contributed by atoms with Crippen LogP contribution in [-0.2, 0) is 9.73 Å². The minimum Gasteiger partial charge on any atom is -0.497 e. The zero-order valence-corrected chi connectivity index (χ0v) is 16.9. The van der Waals surface area contributed by atoms with Gasteiger partial charge < -0.3 is 4.74 Å². The Hall–Kier alpha value is -3.57. The highest BCUT2D eigenvalue weighted by Gasteiger charge is 2.12. The monoisotopic (exact) mass is 426 g/mol. The molecule has 0 radical (unpaired) electrons. The lowest BCUT2D eigenvalue weighted by Crippen LogP contribution is -2.04. The van der Waals surface area contributed by atoms with E-state index in [1.54, 1.807) is 24.3 Å². The fourth-order valence-corrected chi connectivity index (χ4v) is 3.66. The van der Waals surface area contributed by atoms with Crippen molar-refractivity contribution in [2.45, 2.75) is 4.90 Å². The molecule has 1 amide bonds. The Morgan fingerprint density at radius 2 is 1.63 bits per heavy atom. The van der Waals surface area contributed by atoms with Gasteiger partial charge in [-0.3, -0.25) is 9.78 Å². The molecule has 0 spiro atoms. The van der Waals surface area contributed by atoms with Crippen LogP contribution in [0.3, 0.4) is 0 Å². The molecule has 2 aromatic carbocycles. The van der Waals surface area contributed by atoms with Crippen molar-refractivity contribution in [2.75, 3.05) is 13.4 Å². The summed E-state index contributed by atoms with van der Waals surface area (Å²) in [6.45, 7) is 0. The molecule has 0 bridgehead atoms. The van der Waals surface area contributed by atoms with Crippen LogP contribution in [0.4, 0.5) is 8.78 Å². The lowest BCUT2D eigenvalue weighted by atomic mass is 10.1. The first kappa shape index (κ1) is 21.1. The second kappa shape index (κ2) is 8.84. The van der Waals surface area contributed by atoms with Gasteiger partial charge in [0.15, 0.2) is 0 Å². The SMILES string of the molecule is COc1ccc(S(C)(=O)=NC(=O)c2cncc(C#Cc3cc(F)cc(F)c3)c2)cc1. The summed E-state index contributed by atoms with van der Waals surface area (Å²) >= 11 is 0. The maximum atomic E-state index is 13.3. The molecule has 0 aliphatic heterocycles. The molecule has 1 atom stereocenters. The van der Waals surface area contributed by atoms with Gasteiger partial charge in [-0.2, -0.15) is 4.36 Å². The first-order valence-corrected chi connectivity index (χ1v) is 10.5. The summed E-state index contributed by atoms with van der Waals surface area (Å²) in [5, 5.41) is 0. The van der Waals surface area contributed by atoms with Gasteiger partial charge in [0.1, 0.15) is 17.4 Å². The molecular weight excluding hydrogens is 410 g/mol. The van der Waals surface area contributed by atoms with Gasteiger partial charge in [-0.15, -0.1) is 0 Å².